The number of unbranched alkanes of at least 4 members (excludes halogenated alkanes) is 1. The van der Waals surface area contributed by atoms with Crippen LogP contribution < -0.4 is 5.56 Å². The zero-order valence-corrected chi connectivity index (χ0v) is 23.9. The van der Waals surface area contributed by atoms with Crippen LogP contribution in [0.15, 0.2) is 114 Å². The molecule has 0 radical (unpaired) electrons. The first kappa shape index (κ1) is 28.0. The van der Waals surface area contributed by atoms with E-state index in [-0.39, 0.29) is 11.5 Å². The summed E-state index contributed by atoms with van der Waals surface area (Å²) < 4.78 is 1.69. The summed E-state index contributed by atoms with van der Waals surface area (Å²) in [5.41, 5.74) is 4.27. The van der Waals surface area contributed by atoms with Crippen molar-refractivity contribution >= 4 is 16.8 Å². The molecule has 0 aliphatic heterocycles. The van der Waals surface area contributed by atoms with E-state index in [1.807, 2.05) is 89.8 Å². The summed E-state index contributed by atoms with van der Waals surface area (Å²) >= 11 is 0. The zero-order chi connectivity index (χ0) is 28.6. The average molecular weight is 544 g/mol. The third kappa shape index (κ3) is 6.30. The van der Waals surface area contributed by atoms with Crippen LogP contribution in [0.2, 0.25) is 0 Å². The quantitative estimate of drug-likeness (QED) is 0.173. The Morgan fingerprint density at radius 2 is 1.41 bits per heavy atom. The van der Waals surface area contributed by atoms with E-state index < -0.39 is 6.04 Å². The monoisotopic (exact) mass is 543 g/mol. The Bertz CT molecular complexity index is 1640. The molecule has 0 bridgehead atoms. The number of para-hydroxylation sites is 2. The van der Waals surface area contributed by atoms with Gasteiger partial charge >= 0.3 is 0 Å². The van der Waals surface area contributed by atoms with E-state index in [0.717, 1.165) is 30.5 Å². The van der Waals surface area contributed by atoms with Crippen LogP contribution in [0.4, 0.5) is 0 Å². The highest BCUT2D eigenvalue weighted by Gasteiger charge is 2.29. The Kier molecular flexibility index (Phi) is 9.05. The van der Waals surface area contributed by atoms with Crippen molar-refractivity contribution < 1.29 is 4.79 Å². The fraction of sp³-hybridized carbons (Fsp3) is 0.250. The van der Waals surface area contributed by atoms with E-state index in [9.17, 15) is 9.59 Å². The molecule has 5 aromatic rings. The molecule has 5 heteroatoms. The predicted molar refractivity (Wildman–Crippen MR) is 167 cm³/mol. The molecule has 4 aromatic carbocycles. The summed E-state index contributed by atoms with van der Waals surface area (Å²) in [7, 11) is 0. The van der Waals surface area contributed by atoms with Gasteiger partial charge in [-0.15, -0.1) is 0 Å². The lowest BCUT2D eigenvalue weighted by molar-refractivity contribution is 0.0662. The highest BCUT2D eigenvalue weighted by Crippen LogP contribution is 2.28. The molecule has 1 unspecified atom stereocenters. The second kappa shape index (κ2) is 13.2. The second-order valence-corrected chi connectivity index (χ2v) is 10.4. The van der Waals surface area contributed by atoms with Gasteiger partial charge in [-0.3, -0.25) is 14.2 Å². The van der Waals surface area contributed by atoms with Gasteiger partial charge in [-0.25, -0.2) is 4.98 Å². The zero-order valence-electron chi connectivity index (χ0n) is 23.9. The standard InChI is InChI=1S/C36H37N3O2/c1-3-5-14-28-21-23-29(24-22-28)35(40)38(26-25-27-15-8-6-9-16-27)33(4-2)34-37-32-20-13-12-19-31(32)36(41)39(34)30-17-10-7-11-18-30/h6-13,15-24,33H,3-5,14,25-26H2,1-2H3. The van der Waals surface area contributed by atoms with E-state index in [1.54, 1.807) is 4.57 Å². The van der Waals surface area contributed by atoms with E-state index in [2.05, 4.69) is 38.1 Å². The van der Waals surface area contributed by atoms with Crippen molar-refractivity contribution in [2.75, 3.05) is 6.54 Å². The highest BCUT2D eigenvalue weighted by atomic mass is 16.2. The number of aromatic nitrogens is 2. The maximum absolute atomic E-state index is 14.3. The lowest BCUT2D eigenvalue weighted by atomic mass is 10.0. The van der Waals surface area contributed by atoms with Crippen molar-refractivity contribution in [2.45, 2.75) is 52.0 Å². The summed E-state index contributed by atoms with van der Waals surface area (Å²) in [6.07, 6.45) is 4.56. The van der Waals surface area contributed by atoms with Crippen molar-refractivity contribution in [1.82, 2.24) is 14.5 Å². The number of fused-ring (bicyclic) bond motifs is 1. The minimum atomic E-state index is -0.413. The molecule has 41 heavy (non-hydrogen) atoms. The average Bonchev–Trinajstić information content (AvgIpc) is 3.03. The maximum Gasteiger partial charge on any atom is 0.266 e. The molecule has 1 atom stereocenters. The van der Waals surface area contributed by atoms with Crippen LogP contribution in [0.25, 0.3) is 16.6 Å². The van der Waals surface area contributed by atoms with Gasteiger partial charge < -0.3 is 4.90 Å². The van der Waals surface area contributed by atoms with Gasteiger partial charge in [-0.05, 0) is 73.2 Å². The first-order valence-electron chi connectivity index (χ1n) is 14.6. The van der Waals surface area contributed by atoms with Crippen LogP contribution in [0, 0.1) is 0 Å². The molecule has 0 N–H and O–H groups in total. The number of aryl methyl sites for hydroxylation is 1. The first-order chi connectivity index (χ1) is 20.1. The van der Waals surface area contributed by atoms with Gasteiger partial charge in [0.1, 0.15) is 5.82 Å². The topological polar surface area (TPSA) is 55.2 Å². The predicted octanol–water partition coefficient (Wildman–Crippen LogP) is 7.56. The van der Waals surface area contributed by atoms with Gasteiger partial charge in [0.25, 0.3) is 11.5 Å². The van der Waals surface area contributed by atoms with Gasteiger partial charge in [0, 0.05) is 12.1 Å². The van der Waals surface area contributed by atoms with E-state index >= 15 is 0 Å². The molecule has 0 saturated carbocycles. The van der Waals surface area contributed by atoms with Gasteiger partial charge in [0.05, 0.1) is 22.6 Å². The van der Waals surface area contributed by atoms with Gasteiger partial charge in [-0.1, -0.05) is 93.1 Å². The van der Waals surface area contributed by atoms with Crippen molar-refractivity contribution in [3.63, 3.8) is 0 Å². The summed E-state index contributed by atoms with van der Waals surface area (Å²) in [4.78, 5) is 35.2. The number of hydrogen-bond acceptors (Lipinski definition) is 3. The summed E-state index contributed by atoms with van der Waals surface area (Å²) in [6.45, 7) is 4.73. The Labute approximate surface area is 242 Å². The Morgan fingerprint density at radius 1 is 0.780 bits per heavy atom. The molecule has 0 fully saturated rings. The van der Waals surface area contributed by atoms with Crippen molar-refractivity contribution in [1.29, 1.82) is 0 Å². The van der Waals surface area contributed by atoms with E-state index in [1.165, 1.54) is 5.56 Å². The smallest absolute Gasteiger partial charge is 0.266 e. The van der Waals surface area contributed by atoms with Gasteiger partial charge in [0.15, 0.2) is 0 Å². The Hall–Kier alpha value is -4.51. The Morgan fingerprint density at radius 3 is 2.10 bits per heavy atom. The lowest BCUT2D eigenvalue weighted by Crippen LogP contribution is -2.39. The second-order valence-electron chi connectivity index (χ2n) is 10.4. The van der Waals surface area contributed by atoms with Crippen LogP contribution in [-0.4, -0.2) is 26.9 Å². The van der Waals surface area contributed by atoms with Gasteiger partial charge in [-0.2, -0.15) is 0 Å². The SMILES string of the molecule is CCCCc1ccc(C(=O)N(CCc2ccccc2)C(CC)c2nc3ccccc3c(=O)n2-c2ccccc2)cc1. The third-order valence-electron chi connectivity index (χ3n) is 7.64. The molecular weight excluding hydrogens is 506 g/mol. The molecule has 5 rings (SSSR count). The van der Waals surface area contributed by atoms with Crippen LogP contribution in [0.3, 0.4) is 0 Å². The number of carbonyl (C=O) groups is 1. The van der Waals surface area contributed by atoms with Crippen LogP contribution in [0.1, 0.15) is 66.5 Å². The molecule has 0 spiro atoms. The van der Waals surface area contributed by atoms with Crippen molar-refractivity contribution in [3.05, 3.63) is 142 Å². The van der Waals surface area contributed by atoms with Gasteiger partial charge in [0.2, 0.25) is 0 Å². The number of amides is 1. The maximum atomic E-state index is 14.3. The van der Waals surface area contributed by atoms with Crippen LogP contribution in [-0.2, 0) is 12.8 Å². The summed E-state index contributed by atoms with van der Waals surface area (Å²) in [6, 6.07) is 34.8. The van der Waals surface area contributed by atoms with E-state index in [4.69, 9.17) is 4.98 Å². The Balaban J connectivity index is 1.62. The molecule has 1 aromatic heterocycles. The fourth-order valence-electron chi connectivity index (χ4n) is 5.40. The number of carbonyl (C=O) groups excluding carboxylic acids is 1. The molecule has 0 aliphatic carbocycles. The molecule has 0 saturated heterocycles. The molecule has 0 aliphatic rings. The number of rotatable bonds is 11. The summed E-state index contributed by atoms with van der Waals surface area (Å²) in [5, 5.41) is 0.555. The molecule has 1 heterocycles. The van der Waals surface area contributed by atoms with Crippen LogP contribution in [0.5, 0.6) is 0 Å². The van der Waals surface area contributed by atoms with Crippen LogP contribution >= 0.6 is 0 Å². The molecule has 5 nitrogen and oxygen atoms in total. The molecule has 208 valence electrons. The first-order valence-corrected chi connectivity index (χ1v) is 14.6. The van der Waals surface area contributed by atoms with E-state index in [0.29, 0.717) is 41.7 Å². The number of benzene rings is 4. The normalized spacial score (nSPS) is 11.9. The van der Waals surface area contributed by atoms with Crippen molar-refractivity contribution in [2.24, 2.45) is 0 Å². The minimum Gasteiger partial charge on any atom is -0.328 e. The third-order valence-corrected chi connectivity index (χ3v) is 7.64. The van der Waals surface area contributed by atoms with Crippen molar-refractivity contribution in [3.8, 4) is 5.69 Å². The molecule has 1 amide bonds. The minimum absolute atomic E-state index is 0.0585. The lowest BCUT2D eigenvalue weighted by Gasteiger charge is -2.32. The number of hydrogen-bond donors (Lipinski definition) is 0. The number of nitrogens with zero attached hydrogens (tertiary/aromatic N) is 3. The fourth-order valence-corrected chi connectivity index (χ4v) is 5.40. The molecular formula is C36H37N3O2. The largest absolute Gasteiger partial charge is 0.328 e. The summed E-state index contributed by atoms with van der Waals surface area (Å²) in [5.74, 6) is 0.514. The highest BCUT2D eigenvalue weighted by molar-refractivity contribution is 5.94.